The quantitative estimate of drug-likeness (QED) is 0.118. The predicted molar refractivity (Wildman–Crippen MR) is 270 cm³/mol. The second-order valence-corrected chi connectivity index (χ2v) is 19.6. The molecule has 14 nitrogen and oxygen atoms in total. The second kappa shape index (κ2) is 16.6. The normalized spacial score (nSPS) is 17.4. The molecule has 7 heterocycles. The third kappa shape index (κ3) is 6.25. The number of amides is 3. The van der Waals surface area contributed by atoms with E-state index in [9.17, 15) is 9.59 Å². The number of benzene rings is 5. The highest BCUT2D eigenvalue weighted by Gasteiger charge is 2.63. The van der Waals surface area contributed by atoms with Gasteiger partial charge in [-0.25, -0.2) is 18.4 Å². The number of fused-ring (bicyclic) bond motifs is 8. The van der Waals surface area contributed by atoms with Crippen molar-refractivity contribution in [3.05, 3.63) is 189 Å². The number of hydrogen-bond donors (Lipinski definition) is 0. The van der Waals surface area contributed by atoms with Gasteiger partial charge in [0.1, 0.15) is 16.9 Å². The highest BCUT2D eigenvalue weighted by atomic mass is 32.2. The Morgan fingerprint density at radius 1 is 0.620 bits per heavy atom. The highest BCUT2D eigenvalue weighted by Crippen LogP contribution is 2.61. The van der Waals surface area contributed by atoms with E-state index >= 15 is 14.0 Å². The summed E-state index contributed by atoms with van der Waals surface area (Å²) in [6.07, 6.45) is 2.71. The summed E-state index contributed by atoms with van der Waals surface area (Å²) in [7, 11) is 1.78. The van der Waals surface area contributed by atoms with Crippen LogP contribution in [-0.2, 0) is 31.7 Å². The molecule has 0 aliphatic carbocycles. The standard InChI is InChI=1S/C55H48FN9O5S/c1-34-46-50(63(57-34)38-20-10-7-11-21-38)70-51-47(35(2)58-64(51)39-22-12-8-13-23-39)54(46)42-32-37(56)28-29-44(42)60(52(54)68)30-18-5-6-19-31-61-43-27-17-16-26-41(43)55(53(61)69)62(45(66)33-71-55)48-36(3)59(4)65(49(48)67)40-24-14-9-15-25-40/h7-17,20-29,32H,5-6,18-19,30-31,33H2,1-4H3. The molecule has 2 spiro atoms. The molecule has 71 heavy (non-hydrogen) atoms. The van der Waals surface area contributed by atoms with Crippen LogP contribution < -0.4 is 25.0 Å². The lowest BCUT2D eigenvalue weighted by atomic mass is 9.69. The molecule has 5 aromatic carbocycles. The molecule has 1 atom stereocenters. The van der Waals surface area contributed by atoms with Crippen LogP contribution >= 0.6 is 11.8 Å². The average Bonchev–Trinajstić information content (AvgIpc) is 4.18. The number of thioether (sulfide) groups is 1. The van der Waals surface area contributed by atoms with E-state index in [0.717, 1.165) is 24.2 Å². The Kier molecular flexibility index (Phi) is 10.3. The maximum absolute atomic E-state index is 15.8. The van der Waals surface area contributed by atoms with Crippen molar-refractivity contribution < 1.29 is 23.5 Å². The van der Waals surface area contributed by atoms with E-state index in [4.69, 9.17) is 14.9 Å². The molecule has 0 radical (unpaired) electrons. The maximum Gasteiger partial charge on any atom is 0.295 e. The van der Waals surface area contributed by atoms with Gasteiger partial charge in [0.25, 0.3) is 11.5 Å². The molecule has 16 heteroatoms. The van der Waals surface area contributed by atoms with Crippen molar-refractivity contribution in [2.24, 2.45) is 7.05 Å². The van der Waals surface area contributed by atoms with Crippen molar-refractivity contribution in [1.82, 2.24) is 28.9 Å². The number of ether oxygens (including phenoxy) is 1. The number of hydrogen-bond acceptors (Lipinski definition) is 8. The van der Waals surface area contributed by atoms with Gasteiger partial charge in [-0.3, -0.25) is 28.8 Å². The number of para-hydroxylation sites is 4. The molecule has 8 aromatic rings. The van der Waals surface area contributed by atoms with Gasteiger partial charge in [0.05, 0.1) is 56.7 Å². The van der Waals surface area contributed by atoms with Crippen molar-refractivity contribution in [3.63, 3.8) is 0 Å². The molecule has 3 amide bonds. The van der Waals surface area contributed by atoms with Gasteiger partial charge < -0.3 is 14.5 Å². The zero-order valence-electron chi connectivity index (χ0n) is 39.5. The van der Waals surface area contributed by atoms with Crippen LogP contribution in [0, 0.1) is 26.6 Å². The fraction of sp³-hybridized carbons (Fsp3) is 0.236. The van der Waals surface area contributed by atoms with Gasteiger partial charge in [-0.15, -0.1) is 11.8 Å². The van der Waals surface area contributed by atoms with Crippen molar-refractivity contribution >= 4 is 46.5 Å². The van der Waals surface area contributed by atoms with Crippen molar-refractivity contribution in [3.8, 4) is 28.8 Å². The van der Waals surface area contributed by atoms with Crippen LogP contribution in [0.4, 0.5) is 21.5 Å². The lowest BCUT2D eigenvalue weighted by Gasteiger charge is -2.34. The molecule has 4 aliphatic rings. The van der Waals surface area contributed by atoms with Crippen LogP contribution in [0.3, 0.4) is 0 Å². The number of carbonyl (C=O) groups is 3. The number of unbranched alkanes of at least 4 members (excludes halogenated alkanes) is 3. The number of anilines is 3. The number of aryl methyl sites for hydroxylation is 2. The average molecular weight is 966 g/mol. The molecule has 0 N–H and O–H groups in total. The van der Waals surface area contributed by atoms with Gasteiger partial charge in [0, 0.05) is 37.0 Å². The smallest absolute Gasteiger partial charge is 0.295 e. The number of aromatic nitrogens is 6. The van der Waals surface area contributed by atoms with E-state index in [1.165, 1.54) is 33.5 Å². The van der Waals surface area contributed by atoms with E-state index in [1.807, 2.05) is 129 Å². The summed E-state index contributed by atoms with van der Waals surface area (Å²) in [6, 6.07) is 40.5. The molecule has 356 valence electrons. The fourth-order valence-electron chi connectivity index (χ4n) is 11.4. The molecular formula is C55H48FN9O5S. The van der Waals surface area contributed by atoms with Crippen LogP contribution in [0.15, 0.2) is 138 Å². The van der Waals surface area contributed by atoms with Crippen LogP contribution in [0.2, 0.25) is 0 Å². The minimum Gasteiger partial charge on any atom is -0.420 e. The molecule has 1 unspecified atom stereocenters. The third-order valence-corrected chi connectivity index (χ3v) is 15.9. The van der Waals surface area contributed by atoms with E-state index in [1.54, 1.807) is 43.9 Å². The summed E-state index contributed by atoms with van der Waals surface area (Å²) >= 11 is 1.25. The second-order valence-electron chi connectivity index (χ2n) is 18.5. The van der Waals surface area contributed by atoms with Crippen molar-refractivity contribution in [2.45, 2.75) is 56.7 Å². The first-order chi connectivity index (χ1) is 34.5. The zero-order valence-corrected chi connectivity index (χ0v) is 40.3. The number of nitrogens with zero attached hydrogens (tertiary/aromatic N) is 9. The Labute approximate surface area is 412 Å². The van der Waals surface area contributed by atoms with Crippen molar-refractivity contribution in [2.75, 3.05) is 33.5 Å². The molecule has 12 rings (SSSR count). The molecule has 1 saturated heterocycles. The minimum atomic E-state index is -1.53. The van der Waals surface area contributed by atoms with Gasteiger partial charge in [0.15, 0.2) is 0 Å². The first kappa shape index (κ1) is 44.2. The summed E-state index contributed by atoms with van der Waals surface area (Å²) < 4.78 is 29.3. The monoisotopic (exact) mass is 965 g/mol. The predicted octanol–water partition coefficient (Wildman–Crippen LogP) is 8.94. The highest BCUT2D eigenvalue weighted by molar-refractivity contribution is 8.02. The van der Waals surface area contributed by atoms with Crippen LogP contribution in [0.25, 0.3) is 17.1 Å². The largest absolute Gasteiger partial charge is 0.420 e. The molecule has 0 bridgehead atoms. The van der Waals surface area contributed by atoms with Crippen molar-refractivity contribution in [1.29, 1.82) is 0 Å². The first-order valence-corrected chi connectivity index (χ1v) is 24.8. The van der Waals surface area contributed by atoms with Gasteiger partial charge in [0.2, 0.25) is 28.4 Å². The minimum absolute atomic E-state index is 0.0405. The summed E-state index contributed by atoms with van der Waals surface area (Å²) in [5.41, 5.74) is 5.70. The van der Waals surface area contributed by atoms with E-state index in [0.29, 0.717) is 94.1 Å². The van der Waals surface area contributed by atoms with E-state index in [-0.39, 0.29) is 34.7 Å². The SMILES string of the molecule is Cc1nn(-c2ccccc2)c2c1C1(C(=O)N(CCCCCCN3C(=O)C4(SCC(=O)N4c4c(C)n(C)n(-c5ccccc5)c4=O)c4ccccc43)c3ccc(F)cc31)c1c(C)nn(-c3ccccc3)c1O2. The first-order valence-electron chi connectivity index (χ1n) is 23.8. The van der Waals surface area contributed by atoms with E-state index < -0.39 is 16.1 Å². The fourth-order valence-corrected chi connectivity index (χ4v) is 12.7. The Bertz CT molecular complexity index is 3460. The van der Waals surface area contributed by atoms with Gasteiger partial charge in [-0.1, -0.05) is 85.6 Å². The van der Waals surface area contributed by atoms with Crippen LogP contribution in [-0.4, -0.2) is 65.5 Å². The Hall–Kier alpha value is -7.98. The summed E-state index contributed by atoms with van der Waals surface area (Å²) in [6.45, 7) is 6.25. The Balaban J connectivity index is 0.825. The molecule has 0 saturated carbocycles. The molecular weight excluding hydrogens is 918 g/mol. The lowest BCUT2D eigenvalue weighted by molar-refractivity contribution is -0.123. The molecule has 3 aromatic heterocycles. The number of carbonyl (C=O) groups excluding carboxylic acids is 3. The number of halogens is 1. The van der Waals surface area contributed by atoms with Crippen LogP contribution in [0.5, 0.6) is 11.8 Å². The lowest BCUT2D eigenvalue weighted by Crippen LogP contribution is -2.51. The van der Waals surface area contributed by atoms with Gasteiger partial charge >= 0.3 is 0 Å². The van der Waals surface area contributed by atoms with Crippen LogP contribution in [0.1, 0.15) is 65.0 Å². The molecule has 1 fully saturated rings. The maximum atomic E-state index is 15.8. The number of rotatable bonds is 11. The summed E-state index contributed by atoms with van der Waals surface area (Å²) in [4.78, 5) is 62.7. The van der Waals surface area contributed by atoms with Gasteiger partial charge in [-0.2, -0.15) is 10.2 Å². The topological polar surface area (TPSA) is 133 Å². The summed E-state index contributed by atoms with van der Waals surface area (Å²) in [5.74, 6) is -0.518. The third-order valence-electron chi connectivity index (χ3n) is 14.5. The zero-order chi connectivity index (χ0) is 48.9. The Morgan fingerprint density at radius 3 is 1.73 bits per heavy atom. The Morgan fingerprint density at radius 2 is 1.14 bits per heavy atom. The van der Waals surface area contributed by atoms with E-state index in [2.05, 4.69) is 0 Å². The molecule has 4 aliphatic heterocycles. The van der Waals surface area contributed by atoms with Gasteiger partial charge in [-0.05, 0) is 94.3 Å². The summed E-state index contributed by atoms with van der Waals surface area (Å²) in [5, 5.41) is 9.96.